The number of ether oxygens (including phenoxy) is 1. The van der Waals surface area contributed by atoms with E-state index in [-0.39, 0.29) is 12.4 Å². The molecule has 0 aromatic heterocycles. The summed E-state index contributed by atoms with van der Waals surface area (Å²) in [5.41, 5.74) is 0. The molecule has 0 aromatic carbocycles. The monoisotopic (exact) mass is 158 g/mol. The average Bonchev–Trinajstić information content (AvgIpc) is 1.99. The van der Waals surface area contributed by atoms with Gasteiger partial charge in [0.15, 0.2) is 0 Å². The predicted octanol–water partition coefficient (Wildman–Crippen LogP) is -0.584. The molecule has 0 saturated heterocycles. The van der Waals surface area contributed by atoms with Gasteiger partial charge in [-0.1, -0.05) is 0 Å². The summed E-state index contributed by atoms with van der Waals surface area (Å²) in [6, 6.07) is 0. The second kappa shape index (κ2) is 3.50. The second-order valence-corrected chi connectivity index (χ2v) is 2.34. The molecule has 62 valence electrons. The van der Waals surface area contributed by atoms with Gasteiger partial charge in [0, 0.05) is 12.5 Å². The molecule has 1 rings (SSSR count). The first kappa shape index (κ1) is 8.23. The van der Waals surface area contributed by atoms with Crippen molar-refractivity contribution in [2.45, 2.75) is 12.7 Å². The Bertz CT molecular complexity index is 175. The highest BCUT2D eigenvalue weighted by atomic mass is 16.6. The summed E-state index contributed by atoms with van der Waals surface area (Å²) in [5.74, 6) is -0.787. The van der Waals surface area contributed by atoms with Crippen LogP contribution in [0.3, 0.4) is 0 Å². The standard InChI is InChI=1S/C7H10O4/c8-3-1-5-2-4-11-7(10)6(5)9/h2,4-5,7-8,10H,1,3H2. The van der Waals surface area contributed by atoms with E-state index >= 15 is 0 Å². The molecule has 4 nitrogen and oxygen atoms in total. The Balaban J connectivity index is 2.57. The zero-order chi connectivity index (χ0) is 8.27. The first-order valence-corrected chi connectivity index (χ1v) is 3.40. The fraction of sp³-hybridized carbons (Fsp3) is 0.571. The summed E-state index contributed by atoms with van der Waals surface area (Å²) in [4.78, 5) is 11.0. The maximum Gasteiger partial charge on any atom is 0.257 e. The molecule has 2 unspecified atom stereocenters. The van der Waals surface area contributed by atoms with Crippen molar-refractivity contribution in [3.05, 3.63) is 12.3 Å². The van der Waals surface area contributed by atoms with E-state index in [1.54, 1.807) is 0 Å². The normalized spacial score (nSPS) is 30.2. The third-order valence-electron chi connectivity index (χ3n) is 1.57. The molecular formula is C7H10O4. The smallest absolute Gasteiger partial charge is 0.257 e. The number of aliphatic hydroxyl groups excluding tert-OH is 2. The Labute approximate surface area is 64.1 Å². The average molecular weight is 158 g/mol. The molecular weight excluding hydrogens is 148 g/mol. The number of carbonyl (C=O) groups excluding carboxylic acids is 1. The van der Waals surface area contributed by atoms with Crippen LogP contribution in [0.15, 0.2) is 12.3 Å². The lowest BCUT2D eigenvalue weighted by atomic mass is 9.99. The van der Waals surface area contributed by atoms with Crippen molar-refractivity contribution in [1.82, 2.24) is 0 Å². The van der Waals surface area contributed by atoms with E-state index < -0.39 is 12.2 Å². The maximum atomic E-state index is 11.0. The first-order valence-electron chi connectivity index (χ1n) is 3.40. The molecule has 2 atom stereocenters. The van der Waals surface area contributed by atoms with Crippen LogP contribution in [0, 0.1) is 5.92 Å². The maximum absolute atomic E-state index is 11.0. The summed E-state index contributed by atoms with van der Waals surface area (Å²) in [6.07, 6.45) is 1.81. The van der Waals surface area contributed by atoms with Crippen molar-refractivity contribution in [2.75, 3.05) is 6.61 Å². The van der Waals surface area contributed by atoms with Gasteiger partial charge in [-0.05, 0) is 12.5 Å². The van der Waals surface area contributed by atoms with Gasteiger partial charge in [-0.25, -0.2) is 0 Å². The van der Waals surface area contributed by atoms with Gasteiger partial charge in [0.25, 0.3) is 6.29 Å². The fourth-order valence-electron chi connectivity index (χ4n) is 0.937. The van der Waals surface area contributed by atoms with E-state index in [1.165, 1.54) is 12.3 Å². The molecule has 0 bridgehead atoms. The van der Waals surface area contributed by atoms with E-state index in [9.17, 15) is 4.79 Å². The second-order valence-electron chi connectivity index (χ2n) is 2.34. The van der Waals surface area contributed by atoms with Gasteiger partial charge in [0.1, 0.15) is 0 Å². The summed E-state index contributed by atoms with van der Waals surface area (Å²) in [5, 5.41) is 17.4. The van der Waals surface area contributed by atoms with E-state index in [0.717, 1.165) is 0 Å². The Morgan fingerprint density at radius 3 is 3.00 bits per heavy atom. The topological polar surface area (TPSA) is 66.8 Å². The molecule has 0 radical (unpaired) electrons. The number of carbonyl (C=O) groups is 1. The zero-order valence-corrected chi connectivity index (χ0v) is 5.93. The highest BCUT2D eigenvalue weighted by Crippen LogP contribution is 2.14. The van der Waals surface area contributed by atoms with Crippen LogP contribution < -0.4 is 0 Å². The number of hydrogen-bond acceptors (Lipinski definition) is 4. The van der Waals surface area contributed by atoms with Gasteiger partial charge in [-0.15, -0.1) is 0 Å². The minimum absolute atomic E-state index is 0.0620. The summed E-state index contributed by atoms with van der Waals surface area (Å²) >= 11 is 0. The molecule has 2 N–H and O–H groups in total. The van der Waals surface area contributed by atoms with E-state index in [4.69, 9.17) is 10.2 Å². The number of allylic oxidation sites excluding steroid dienone is 1. The van der Waals surface area contributed by atoms with Gasteiger partial charge in [-0.3, -0.25) is 4.79 Å². The number of ketones is 1. The lowest BCUT2D eigenvalue weighted by molar-refractivity contribution is -0.152. The third kappa shape index (κ3) is 1.78. The highest BCUT2D eigenvalue weighted by Gasteiger charge is 2.26. The van der Waals surface area contributed by atoms with Crippen molar-refractivity contribution < 1.29 is 19.7 Å². The van der Waals surface area contributed by atoms with Crippen molar-refractivity contribution >= 4 is 5.78 Å². The molecule has 0 spiro atoms. The van der Waals surface area contributed by atoms with Crippen LogP contribution >= 0.6 is 0 Å². The van der Waals surface area contributed by atoms with Crippen molar-refractivity contribution in [1.29, 1.82) is 0 Å². The van der Waals surface area contributed by atoms with Crippen molar-refractivity contribution in [3.8, 4) is 0 Å². The van der Waals surface area contributed by atoms with E-state index in [2.05, 4.69) is 4.74 Å². The van der Waals surface area contributed by atoms with Crippen molar-refractivity contribution in [3.63, 3.8) is 0 Å². The minimum Gasteiger partial charge on any atom is -0.465 e. The molecule has 1 aliphatic heterocycles. The Morgan fingerprint density at radius 1 is 1.64 bits per heavy atom. The van der Waals surface area contributed by atoms with Gasteiger partial charge >= 0.3 is 0 Å². The van der Waals surface area contributed by atoms with Gasteiger partial charge < -0.3 is 14.9 Å². The van der Waals surface area contributed by atoms with Gasteiger partial charge in [0.05, 0.1) is 6.26 Å². The number of rotatable bonds is 2. The van der Waals surface area contributed by atoms with Crippen LogP contribution in [0.1, 0.15) is 6.42 Å². The first-order chi connectivity index (χ1) is 5.25. The summed E-state index contributed by atoms with van der Waals surface area (Å²) in [6.45, 7) is -0.0620. The van der Waals surface area contributed by atoms with Crippen LogP contribution in [-0.4, -0.2) is 28.9 Å². The quantitative estimate of drug-likeness (QED) is 0.564. The Hall–Kier alpha value is -0.870. The largest absolute Gasteiger partial charge is 0.465 e. The molecule has 0 aromatic rings. The Kier molecular flexibility index (Phi) is 2.62. The molecule has 0 saturated carbocycles. The van der Waals surface area contributed by atoms with E-state index in [0.29, 0.717) is 6.42 Å². The van der Waals surface area contributed by atoms with Gasteiger partial charge in [0.2, 0.25) is 5.78 Å². The van der Waals surface area contributed by atoms with Crippen LogP contribution in [0.2, 0.25) is 0 Å². The van der Waals surface area contributed by atoms with Crippen LogP contribution in [0.5, 0.6) is 0 Å². The van der Waals surface area contributed by atoms with Crippen molar-refractivity contribution in [2.24, 2.45) is 5.92 Å². The molecule has 0 aliphatic carbocycles. The minimum atomic E-state index is -1.35. The summed E-state index contributed by atoms with van der Waals surface area (Å²) in [7, 11) is 0. The number of hydrogen-bond donors (Lipinski definition) is 2. The molecule has 11 heavy (non-hydrogen) atoms. The molecule has 1 aliphatic rings. The lowest BCUT2D eigenvalue weighted by Gasteiger charge is -2.18. The van der Waals surface area contributed by atoms with E-state index in [1.807, 2.05) is 0 Å². The highest BCUT2D eigenvalue weighted by molar-refractivity contribution is 5.86. The number of Topliss-reactive ketones (excluding diaryl/α,β-unsaturated/α-hetero) is 1. The SMILES string of the molecule is O=C1C(CCO)C=COC1O. The zero-order valence-electron chi connectivity index (χ0n) is 5.93. The van der Waals surface area contributed by atoms with Crippen LogP contribution in [0.4, 0.5) is 0 Å². The number of aliphatic hydroxyl groups is 2. The molecule has 0 amide bonds. The Morgan fingerprint density at radius 2 is 2.36 bits per heavy atom. The van der Waals surface area contributed by atoms with Crippen LogP contribution in [0.25, 0.3) is 0 Å². The molecule has 0 fully saturated rings. The fourth-order valence-corrected chi connectivity index (χ4v) is 0.937. The third-order valence-corrected chi connectivity index (χ3v) is 1.57. The molecule has 4 heteroatoms. The predicted molar refractivity (Wildman–Crippen MR) is 36.4 cm³/mol. The molecule has 1 heterocycles. The van der Waals surface area contributed by atoms with Crippen LogP contribution in [-0.2, 0) is 9.53 Å². The van der Waals surface area contributed by atoms with Gasteiger partial charge in [-0.2, -0.15) is 0 Å². The lowest BCUT2D eigenvalue weighted by Crippen LogP contribution is -2.31. The summed E-state index contributed by atoms with van der Waals surface area (Å²) < 4.78 is 4.51.